The summed E-state index contributed by atoms with van der Waals surface area (Å²) in [5, 5.41) is 29.5. The summed E-state index contributed by atoms with van der Waals surface area (Å²) in [5.74, 6) is -1.86. The molecule has 0 aromatic carbocycles. The molecule has 0 fully saturated rings. The van der Waals surface area contributed by atoms with Gasteiger partial charge in [-0.1, -0.05) is 178 Å². The van der Waals surface area contributed by atoms with Gasteiger partial charge in [0.2, 0.25) is 0 Å². The lowest BCUT2D eigenvalue weighted by Gasteiger charge is -2.21. The van der Waals surface area contributed by atoms with E-state index in [1.165, 1.54) is 121 Å². The number of aliphatic hydroxyl groups excluding tert-OH is 2. The van der Waals surface area contributed by atoms with Crippen molar-refractivity contribution in [2.45, 2.75) is 204 Å². The van der Waals surface area contributed by atoms with Gasteiger partial charge in [-0.05, 0) is 38.5 Å². The van der Waals surface area contributed by atoms with Crippen molar-refractivity contribution in [1.82, 2.24) is 0 Å². The molecule has 0 aliphatic carbocycles. The van der Waals surface area contributed by atoms with Gasteiger partial charge < -0.3 is 30.5 Å². The number of esters is 2. The average molecular weight is 808 g/mol. The number of unbranched alkanes of at least 4 members (excludes halogenated alkanes) is 19. The fraction of sp³-hybridized carbons (Fsp3) is 0.761. The highest BCUT2D eigenvalue weighted by Crippen LogP contribution is 2.22. The number of carbonyl (C=O) groups excluding carboxylic acids is 2. The van der Waals surface area contributed by atoms with Gasteiger partial charge in [-0.3, -0.25) is 14.4 Å². The smallest absolute Gasteiger partial charge is 0.323 e. The number of carboxylic acid groups (broad SMARTS) is 1. The third kappa shape index (κ3) is 37.2. The zero-order chi connectivity index (χ0) is 41.3. The molecular formula is C46H81NO8S. The third-order valence-corrected chi connectivity index (χ3v) is 11.0. The van der Waals surface area contributed by atoms with E-state index in [-0.39, 0.29) is 37.8 Å². The Morgan fingerprint density at radius 3 is 1.75 bits per heavy atom. The molecule has 0 spiro atoms. The molecule has 56 heavy (non-hydrogen) atoms. The van der Waals surface area contributed by atoms with Gasteiger partial charge in [-0.2, -0.15) is 0 Å². The molecule has 9 nitrogen and oxygen atoms in total. The normalized spacial score (nSPS) is 14.2. The molecular weight excluding hydrogens is 727 g/mol. The molecule has 0 unspecified atom stereocenters. The number of allylic oxidation sites excluding steroid dienone is 7. The van der Waals surface area contributed by atoms with Gasteiger partial charge in [0.15, 0.2) is 0 Å². The highest BCUT2D eigenvalue weighted by atomic mass is 32.2. The zero-order valence-electron chi connectivity index (χ0n) is 35.3. The second kappa shape index (κ2) is 40.8. The third-order valence-electron chi connectivity index (χ3n) is 9.56. The Morgan fingerprint density at radius 2 is 1.16 bits per heavy atom. The van der Waals surface area contributed by atoms with Crippen molar-refractivity contribution in [3.8, 4) is 0 Å². The molecule has 0 aliphatic heterocycles. The van der Waals surface area contributed by atoms with Crippen LogP contribution >= 0.6 is 11.8 Å². The van der Waals surface area contributed by atoms with E-state index in [4.69, 9.17) is 20.3 Å². The van der Waals surface area contributed by atoms with Crippen LogP contribution in [0.3, 0.4) is 0 Å². The van der Waals surface area contributed by atoms with Crippen molar-refractivity contribution < 1.29 is 39.2 Å². The zero-order valence-corrected chi connectivity index (χ0v) is 36.1. The van der Waals surface area contributed by atoms with Crippen molar-refractivity contribution in [3.63, 3.8) is 0 Å². The number of thioether (sulfide) groups is 1. The molecule has 324 valence electrons. The maximum atomic E-state index is 12.5. The molecule has 4 atom stereocenters. The van der Waals surface area contributed by atoms with Gasteiger partial charge in [0, 0.05) is 23.8 Å². The summed E-state index contributed by atoms with van der Waals surface area (Å²) in [5.41, 5.74) is 6.06. The maximum Gasteiger partial charge on any atom is 0.323 e. The SMILES string of the molecule is CCCCC/C=C\C\C=C/C=C/C=C/[C@@H](SC[C@H](N)C(=O)OC[C@H](O)COC(=O)CCCCCCCCCCCCCCCCCCC)[C@@H](O)CCCC(=O)O. The van der Waals surface area contributed by atoms with E-state index < -0.39 is 35.4 Å². The predicted molar refractivity (Wildman–Crippen MR) is 234 cm³/mol. The first-order chi connectivity index (χ1) is 27.2. The topological polar surface area (TPSA) is 156 Å². The summed E-state index contributed by atoms with van der Waals surface area (Å²) in [4.78, 5) is 35.6. The number of carboxylic acids is 1. The van der Waals surface area contributed by atoms with Crippen LogP contribution in [0.1, 0.15) is 181 Å². The standard InChI is InChI=1S/C46H81NO8S/c1-3-5-7-9-11-13-15-17-18-19-20-21-23-25-27-29-31-36-45(52)54-37-40(48)38-55-46(53)41(47)39-56-43(42(49)33-32-35-44(50)51)34-30-28-26-24-22-16-14-12-10-8-6-4-2/h12,14,22,24,26,28,30,34,40-43,48-49H,3-11,13,15-21,23,25,27,29,31-33,35-39,47H2,1-2H3,(H,50,51)/b14-12-,24-22-,28-26+,34-30+/t40-,41+,42+,43-/m1/s1. The van der Waals surface area contributed by atoms with E-state index >= 15 is 0 Å². The largest absolute Gasteiger partial charge is 0.481 e. The van der Waals surface area contributed by atoms with Crippen LogP contribution in [-0.4, -0.2) is 75.7 Å². The monoisotopic (exact) mass is 808 g/mol. The molecule has 0 bridgehead atoms. The molecule has 0 aromatic rings. The summed E-state index contributed by atoms with van der Waals surface area (Å²) in [6.45, 7) is 3.85. The molecule has 0 heterocycles. The first-order valence-corrected chi connectivity index (χ1v) is 23.2. The van der Waals surface area contributed by atoms with E-state index in [0.29, 0.717) is 12.8 Å². The minimum Gasteiger partial charge on any atom is -0.481 e. The van der Waals surface area contributed by atoms with Crippen molar-refractivity contribution in [2.75, 3.05) is 19.0 Å². The fourth-order valence-corrected chi connectivity index (χ4v) is 7.18. The lowest BCUT2D eigenvalue weighted by Crippen LogP contribution is -2.38. The quantitative estimate of drug-likeness (QED) is 0.0203. The minimum absolute atomic E-state index is 0.0427. The van der Waals surface area contributed by atoms with Crippen LogP contribution in [0.4, 0.5) is 0 Å². The van der Waals surface area contributed by atoms with E-state index in [0.717, 1.165) is 32.1 Å². The van der Waals surface area contributed by atoms with Gasteiger partial charge >= 0.3 is 17.9 Å². The van der Waals surface area contributed by atoms with Gasteiger partial charge in [0.25, 0.3) is 0 Å². The summed E-state index contributed by atoms with van der Waals surface area (Å²) < 4.78 is 10.3. The average Bonchev–Trinajstić information content (AvgIpc) is 3.18. The van der Waals surface area contributed by atoms with Crippen LogP contribution in [0.5, 0.6) is 0 Å². The van der Waals surface area contributed by atoms with Crippen LogP contribution in [0.25, 0.3) is 0 Å². The Hall–Kier alpha value is -2.40. The van der Waals surface area contributed by atoms with Gasteiger partial charge in [-0.15, -0.1) is 11.8 Å². The van der Waals surface area contributed by atoms with Gasteiger partial charge in [0.05, 0.1) is 6.10 Å². The summed E-state index contributed by atoms with van der Waals surface area (Å²) >= 11 is 1.27. The number of aliphatic hydroxyl groups is 2. The second-order valence-electron chi connectivity index (χ2n) is 15.0. The molecule has 0 aromatic heterocycles. The number of rotatable bonds is 40. The number of hydrogen-bond donors (Lipinski definition) is 4. The van der Waals surface area contributed by atoms with Crippen molar-refractivity contribution in [3.05, 3.63) is 48.6 Å². The molecule has 0 aliphatic rings. The molecule has 0 rings (SSSR count). The van der Waals surface area contributed by atoms with E-state index in [1.54, 1.807) is 0 Å². The van der Waals surface area contributed by atoms with Crippen LogP contribution in [0.15, 0.2) is 48.6 Å². The van der Waals surface area contributed by atoms with Crippen LogP contribution < -0.4 is 5.73 Å². The van der Waals surface area contributed by atoms with E-state index in [2.05, 4.69) is 32.1 Å². The highest BCUT2D eigenvalue weighted by Gasteiger charge is 2.23. The minimum atomic E-state index is -1.16. The Bertz CT molecular complexity index is 1060. The summed E-state index contributed by atoms with van der Waals surface area (Å²) in [6, 6.07) is -1.01. The maximum absolute atomic E-state index is 12.5. The molecule has 0 saturated heterocycles. The Morgan fingerprint density at radius 1 is 0.625 bits per heavy atom. The number of nitrogens with two attached hydrogens (primary N) is 1. The summed E-state index contributed by atoms with van der Waals surface area (Å²) in [7, 11) is 0. The fourth-order valence-electron chi connectivity index (χ4n) is 6.06. The molecule has 0 saturated carbocycles. The van der Waals surface area contributed by atoms with Crippen molar-refractivity contribution >= 4 is 29.7 Å². The molecule has 10 heteroatoms. The Kier molecular flexibility index (Phi) is 39.0. The van der Waals surface area contributed by atoms with Crippen molar-refractivity contribution in [2.24, 2.45) is 5.73 Å². The van der Waals surface area contributed by atoms with E-state index in [1.807, 2.05) is 30.4 Å². The predicted octanol–water partition coefficient (Wildman–Crippen LogP) is 10.7. The molecule has 0 radical (unpaired) electrons. The lowest BCUT2D eigenvalue weighted by molar-refractivity contribution is -0.153. The van der Waals surface area contributed by atoms with Crippen LogP contribution in [-0.2, 0) is 23.9 Å². The second-order valence-corrected chi connectivity index (χ2v) is 16.2. The number of hydrogen-bond acceptors (Lipinski definition) is 9. The van der Waals surface area contributed by atoms with Crippen LogP contribution in [0, 0.1) is 0 Å². The van der Waals surface area contributed by atoms with Gasteiger partial charge in [-0.25, -0.2) is 0 Å². The first kappa shape index (κ1) is 53.6. The highest BCUT2D eigenvalue weighted by molar-refractivity contribution is 8.00. The Balaban J connectivity index is 4.24. The lowest BCUT2D eigenvalue weighted by atomic mass is 10.0. The number of ether oxygens (including phenoxy) is 2. The first-order valence-electron chi connectivity index (χ1n) is 22.1. The number of carbonyl (C=O) groups is 3. The molecule has 5 N–H and O–H groups in total. The van der Waals surface area contributed by atoms with Gasteiger partial charge in [0.1, 0.15) is 25.4 Å². The number of aliphatic carboxylic acids is 1. The van der Waals surface area contributed by atoms with Crippen molar-refractivity contribution in [1.29, 1.82) is 0 Å². The molecule has 0 amide bonds. The van der Waals surface area contributed by atoms with E-state index in [9.17, 15) is 24.6 Å². The summed E-state index contributed by atoms with van der Waals surface area (Å²) in [6.07, 6.45) is 41.9. The van der Waals surface area contributed by atoms with Crippen LogP contribution in [0.2, 0.25) is 0 Å². The Labute approximate surface area is 345 Å².